The van der Waals surface area contributed by atoms with Gasteiger partial charge < -0.3 is 10.2 Å². The summed E-state index contributed by atoms with van der Waals surface area (Å²) in [5.41, 5.74) is 2.25. The number of nitrogens with one attached hydrogen (secondary N) is 1. The van der Waals surface area contributed by atoms with Crippen molar-refractivity contribution in [3.63, 3.8) is 0 Å². The first-order valence-electron chi connectivity index (χ1n) is 10.9. The van der Waals surface area contributed by atoms with E-state index in [9.17, 15) is 4.79 Å². The number of benzene rings is 1. The topological polar surface area (TPSA) is 63.1 Å². The zero-order chi connectivity index (χ0) is 19.6. The van der Waals surface area contributed by atoms with E-state index in [-0.39, 0.29) is 11.4 Å². The molecule has 1 saturated heterocycles. The molecular formula is C22H33N5O. The van der Waals surface area contributed by atoms with Crippen LogP contribution in [0.2, 0.25) is 0 Å². The van der Waals surface area contributed by atoms with E-state index in [0.717, 1.165) is 30.7 Å². The molecule has 1 aromatic heterocycles. The summed E-state index contributed by atoms with van der Waals surface area (Å²) in [6, 6.07) is 6.25. The van der Waals surface area contributed by atoms with E-state index >= 15 is 0 Å². The molecule has 6 nitrogen and oxygen atoms in total. The first-order chi connectivity index (χ1) is 13.5. The highest BCUT2D eigenvalue weighted by molar-refractivity contribution is 5.97. The second-order valence-corrected chi connectivity index (χ2v) is 9.20. The number of likely N-dealkylation sites (tertiary alicyclic amines) is 1. The van der Waals surface area contributed by atoms with E-state index in [1.54, 1.807) is 0 Å². The number of fused-ring (bicyclic) bond motifs is 1. The molecule has 152 valence electrons. The fourth-order valence-electron chi connectivity index (χ4n) is 4.77. The van der Waals surface area contributed by atoms with E-state index in [0.29, 0.717) is 11.6 Å². The number of piperidine rings is 1. The fraction of sp³-hybridized carbons (Fsp3) is 0.682. The zero-order valence-corrected chi connectivity index (χ0v) is 17.3. The van der Waals surface area contributed by atoms with Crippen molar-refractivity contribution in [3.05, 3.63) is 23.8 Å². The lowest BCUT2D eigenvalue weighted by atomic mass is 9.95. The van der Waals surface area contributed by atoms with Crippen molar-refractivity contribution in [1.29, 1.82) is 0 Å². The van der Waals surface area contributed by atoms with Crippen LogP contribution in [0, 0.1) is 0 Å². The largest absolute Gasteiger partial charge is 0.346 e. The molecule has 4 rings (SSSR count). The Morgan fingerprint density at radius 2 is 1.82 bits per heavy atom. The van der Waals surface area contributed by atoms with Crippen molar-refractivity contribution >= 4 is 16.9 Å². The van der Waals surface area contributed by atoms with Crippen LogP contribution >= 0.6 is 0 Å². The van der Waals surface area contributed by atoms with Gasteiger partial charge in [0, 0.05) is 17.6 Å². The Morgan fingerprint density at radius 3 is 2.57 bits per heavy atom. The normalized spacial score (nSPS) is 19.8. The van der Waals surface area contributed by atoms with Crippen LogP contribution in [0.25, 0.3) is 11.0 Å². The summed E-state index contributed by atoms with van der Waals surface area (Å²) >= 11 is 0. The van der Waals surface area contributed by atoms with E-state index < -0.39 is 0 Å². The predicted molar refractivity (Wildman–Crippen MR) is 111 cm³/mol. The van der Waals surface area contributed by atoms with Gasteiger partial charge in [0.2, 0.25) is 0 Å². The monoisotopic (exact) mass is 383 g/mol. The average molecular weight is 384 g/mol. The standard InChI is InChI=1S/C22H33N5O/c1-22(2,16-26-13-7-4-8-14-26)23-21(28)17-11-12-20-19(15-17)24-25-27(20)18-9-5-3-6-10-18/h11-12,15,18H,3-10,13-14,16H2,1-2H3,(H,23,28). The smallest absolute Gasteiger partial charge is 0.251 e. The van der Waals surface area contributed by atoms with Gasteiger partial charge in [0.1, 0.15) is 5.52 Å². The van der Waals surface area contributed by atoms with Crippen molar-refractivity contribution in [2.75, 3.05) is 19.6 Å². The lowest BCUT2D eigenvalue weighted by Crippen LogP contribution is -2.52. The van der Waals surface area contributed by atoms with E-state index in [1.807, 2.05) is 18.2 Å². The summed E-state index contributed by atoms with van der Waals surface area (Å²) in [6.07, 6.45) is 10.0. The second kappa shape index (κ2) is 8.19. The van der Waals surface area contributed by atoms with Crippen LogP contribution < -0.4 is 5.32 Å². The number of aromatic nitrogens is 3. The number of hydrogen-bond acceptors (Lipinski definition) is 4. The molecule has 2 fully saturated rings. The Balaban J connectivity index is 1.45. The third-order valence-corrected chi connectivity index (χ3v) is 6.17. The van der Waals surface area contributed by atoms with Crippen molar-refractivity contribution < 1.29 is 4.79 Å². The molecule has 0 spiro atoms. The van der Waals surface area contributed by atoms with Crippen molar-refractivity contribution in [2.45, 2.75) is 76.8 Å². The Hall–Kier alpha value is -1.95. The molecule has 2 aromatic rings. The molecule has 0 atom stereocenters. The molecule has 0 bridgehead atoms. The van der Waals surface area contributed by atoms with Crippen LogP contribution in [0.5, 0.6) is 0 Å². The molecule has 0 unspecified atom stereocenters. The maximum atomic E-state index is 12.9. The highest BCUT2D eigenvalue weighted by Crippen LogP contribution is 2.30. The van der Waals surface area contributed by atoms with Crippen LogP contribution in [0.4, 0.5) is 0 Å². The van der Waals surface area contributed by atoms with Gasteiger partial charge in [-0.15, -0.1) is 5.10 Å². The van der Waals surface area contributed by atoms with Crippen LogP contribution in [0.1, 0.15) is 81.6 Å². The minimum atomic E-state index is -0.261. The Morgan fingerprint density at radius 1 is 1.11 bits per heavy atom. The second-order valence-electron chi connectivity index (χ2n) is 9.20. The molecule has 28 heavy (non-hydrogen) atoms. The minimum Gasteiger partial charge on any atom is -0.346 e. The Bertz CT molecular complexity index is 815. The lowest BCUT2D eigenvalue weighted by Gasteiger charge is -2.35. The molecule has 1 amide bonds. The summed E-state index contributed by atoms with van der Waals surface area (Å²) in [5.74, 6) is -0.0314. The van der Waals surface area contributed by atoms with Crippen molar-refractivity contribution in [1.82, 2.24) is 25.2 Å². The van der Waals surface area contributed by atoms with E-state index in [1.165, 1.54) is 51.4 Å². The number of rotatable bonds is 5. The van der Waals surface area contributed by atoms with Gasteiger partial charge in [0.15, 0.2) is 0 Å². The lowest BCUT2D eigenvalue weighted by molar-refractivity contribution is 0.0878. The SMILES string of the molecule is CC(C)(CN1CCCCC1)NC(=O)c1ccc2c(c1)nnn2C1CCCCC1. The molecule has 0 radical (unpaired) electrons. The zero-order valence-electron chi connectivity index (χ0n) is 17.3. The molecule has 1 aromatic carbocycles. The minimum absolute atomic E-state index is 0.0314. The molecular weight excluding hydrogens is 350 g/mol. The number of nitrogens with zero attached hydrogens (tertiary/aromatic N) is 4. The molecule has 1 aliphatic carbocycles. The first kappa shape index (κ1) is 19.4. The third kappa shape index (κ3) is 4.37. The highest BCUT2D eigenvalue weighted by atomic mass is 16.1. The van der Waals surface area contributed by atoms with Gasteiger partial charge in [-0.2, -0.15) is 0 Å². The van der Waals surface area contributed by atoms with Gasteiger partial charge in [0.05, 0.1) is 11.6 Å². The Labute approximate surface area is 167 Å². The van der Waals surface area contributed by atoms with Crippen LogP contribution in [0.15, 0.2) is 18.2 Å². The van der Waals surface area contributed by atoms with Gasteiger partial charge in [0.25, 0.3) is 5.91 Å². The van der Waals surface area contributed by atoms with Crippen molar-refractivity contribution in [3.8, 4) is 0 Å². The molecule has 1 aliphatic heterocycles. The van der Waals surface area contributed by atoms with Gasteiger partial charge in [-0.25, -0.2) is 4.68 Å². The summed E-state index contributed by atoms with van der Waals surface area (Å²) in [7, 11) is 0. The van der Waals surface area contributed by atoms with Crippen LogP contribution in [-0.4, -0.2) is 51.0 Å². The molecule has 2 aliphatic rings. The van der Waals surface area contributed by atoms with Gasteiger partial charge >= 0.3 is 0 Å². The number of carbonyl (C=O) groups is 1. The summed E-state index contributed by atoms with van der Waals surface area (Å²) in [5, 5.41) is 12.0. The van der Waals surface area contributed by atoms with E-state index in [2.05, 4.69) is 39.1 Å². The van der Waals surface area contributed by atoms with E-state index in [4.69, 9.17) is 0 Å². The van der Waals surface area contributed by atoms with Crippen molar-refractivity contribution in [2.24, 2.45) is 0 Å². The van der Waals surface area contributed by atoms with Gasteiger partial charge in [-0.1, -0.05) is 30.9 Å². The molecule has 6 heteroatoms. The summed E-state index contributed by atoms with van der Waals surface area (Å²) in [6.45, 7) is 7.37. The maximum Gasteiger partial charge on any atom is 0.251 e. The van der Waals surface area contributed by atoms with Gasteiger partial charge in [-0.05, 0) is 70.8 Å². The Kier molecular flexibility index (Phi) is 5.67. The van der Waals surface area contributed by atoms with Crippen LogP contribution in [-0.2, 0) is 0 Å². The number of hydrogen-bond donors (Lipinski definition) is 1. The third-order valence-electron chi connectivity index (χ3n) is 6.17. The van der Waals surface area contributed by atoms with Crippen LogP contribution in [0.3, 0.4) is 0 Å². The number of amides is 1. The fourth-order valence-corrected chi connectivity index (χ4v) is 4.77. The first-order valence-corrected chi connectivity index (χ1v) is 10.9. The molecule has 1 N–H and O–H groups in total. The summed E-state index contributed by atoms with van der Waals surface area (Å²) < 4.78 is 2.07. The summed E-state index contributed by atoms with van der Waals surface area (Å²) in [4.78, 5) is 15.3. The molecule has 1 saturated carbocycles. The average Bonchev–Trinajstić information content (AvgIpc) is 3.12. The predicted octanol–water partition coefficient (Wildman–Crippen LogP) is 3.93. The maximum absolute atomic E-state index is 12.9. The van der Waals surface area contributed by atoms with Gasteiger partial charge in [-0.3, -0.25) is 4.79 Å². The highest BCUT2D eigenvalue weighted by Gasteiger charge is 2.26. The molecule has 2 heterocycles. The number of carbonyl (C=O) groups excluding carboxylic acids is 1. The quantitative estimate of drug-likeness (QED) is 0.850.